The van der Waals surface area contributed by atoms with Crippen molar-refractivity contribution < 1.29 is 18.3 Å². The first kappa shape index (κ1) is 18.7. The molecule has 2 rings (SSSR count). The Balaban J connectivity index is 2.25. The Kier molecular flexibility index (Phi) is 5.99. The summed E-state index contributed by atoms with van der Waals surface area (Å²) in [6.07, 6.45) is 3.02. The molecule has 0 amide bonds. The van der Waals surface area contributed by atoms with Crippen LogP contribution in [0.2, 0.25) is 0 Å². The molecular formula is C18H16F2N2O2S. The van der Waals surface area contributed by atoms with Gasteiger partial charge in [0.05, 0.1) is 12.0 Å². The molecule has 1 heterocycles. The number of methoxy groups -OCH3 is 1. The third-order valence-corrected chi connectivity index (χ3v) is 4.54. The largest absolute Gasteiger partial charge is 0.496 e. The van der Waals surface area contributed by atoms with E-state index in [0.29, 0.717) is 23.0 Å². The maximum atomic E-state index is 12.5. The maximum Gasteiger partial charge on any atom is 0.289 e. The van der Waals surface area contributed by atoms with Crippen molar-refractivity contribution in [1.29, 1.82) is 5.26 Å². The third-order valence-electron chi connectivity index (χ3n) is 3.77. The number of allylic oxidation sites excluding steroid dienone is 1. The number of halogens is 2. The molecule has 0 saturated heterocycles. The van der Waals surface area contributed by atoms with E-state index in [-0.39, 0.29) is 16.4 Å². The highest BCUT2D eigenvalue weighted by molar-refractivity contribution is 7.99. The predicted molar refractivity (Wildman–Crippen MR) is 93.1 cm³/mol. The van der Waals surface area contributed by atoms with Crippen molar-refractivity contribution in [3.8, 4) is 11.8 Å². The Morgan fingerprint density at radius 1 is 1.40 bits per heavy atom. The van der Waals surface area contributed by atoms with Gasteiger partial charge in [-0.15, -0.1) is 0 Å². The van der Waals surface area contributed by atoms with Crippen LogP contribution < -0.4 is 4.74 Å². The lowest BCUT2D eigenvalue weighted by molar-refractivity contribution is 0.104. The first-order valence-corrected chi connectivity index (χ1v) is 8.17. The molecule has 0 aliphatic rings. The molecule has 4 nitrogen and oxygen atoms in total. The summed E-state index contributed by atoms with van der Waals surface area (Å²) in [4.78, 5) is 12.6. The zero-order chi connectivity index (χ0) is 18.6. The molecule has 25 heavy (non-hydrogen) atoms. The van der Waals surface area contributed by atoms with Gasteiger partial charge in [0.25, 0.3) is 5.76 Å². The van der Waals surface area contributed by atoms with Crippen molar-refractivity contribution in [2.45, 2.75) is 17.6 Å². The van der Waals surface area contributed by atoms with E-state index >= 15 is 0 Å². The van der Waals surface area contributed by atoms with Gasteiger partial charge in [-0.25, -0.2) is 0 Å². The van der Waals surface area contributed by atoms with Gasteiger partial charge in [0.2, 0.25) is 0 Å². The quantitative estimate of drug-likeness (QED) is 0.433. The number of thioether (sulfide) groups is 1. The molecule has 0 radical (unpaired) electrons. The van der Waals surface area contributed by atoms with Crippen LogP contribution in [-0.4, -0.2) is 23.2 Å². The summed E-state index contributed by atoms with van der Waals surface area (Å²) < 4.78 is 31.8. The normalized spacial score (nSPS) is 11.1. The van der Waals surface area contributed by atoms with E-state index in [9.17, 15) is 13.6 Å². The number of hydrogen-bond donors (Lipinski definition) is 0. The summed E-state index contributed by atoms with van der Waals surface area (Å²) in [7, 11) is 3.14. The first-order chi connectivity index (χ1) is 11.9. The molecule has 1 aromatic carbocycles. The van der Waals surface area contributed by atoms with Gasteiger partial charge in [-0.2, -0.15) is 14.0 Å². The summed E-state index contributed by atoms with van der Waals surface area (Å²) in [6.45, 7) is 1.85. The van der Waals surface area contributed by atoms with Crippen LogP contribution in [0.25, 0.3) is 6.08 Å². The van der Waals surface area contributed by atoms with E-state index in [0.717, 1.165) is 11.3 Å². The monoisotopic (exact) mass is 362 g/mol. The van der Waals surface area contributed by atoms with Crippen molar-refractivity contribution in [3.05, 3.63) is 52.9 Å². The molecule has 2 aromatic rings. The van der Waals surface area contributed by atoms with Crippen molar-refractivity contribution in [3.63, 3.8) is 0 Å². The van der Waals surface area contributed by atoms with Gasteiger partial charge in [0, 0.05) is 18.3 Å². The second kappa shape index (κ2) is 7.99. The van der Waals surface area contributed by atoms with E-state index in [1.54, 1.807) is 23.8 Å². The molecular weight excluding hydrogens is 346 g/mol. The van der Waals surface area contributed by atoms with E-state index in [1.165, 1.54) is 31.4 Å². The van der Waals surface area contributed by atoms with Gasteiger partial charge in [-0.3, -0.25) is 4.79 Å². The van der Waals surface area contributed by atoms with Crippen molar-refractivity contribution in [1.82, 2.24) is 4.57 Å². The SMILES string of the molecule is COc1cc(C(=O)C=Cc2cc(C#N)n(C)c2C)ccc1SC(F)F. The fourth-order valence-electron chi connectivity index (χ4n) is 2.27. The molecule has 0 N–H and O–H groups in total. The molecule has 7 heteroatoms. The number of nitrogens with zero attached hydrogens (tertiary/aromatic N) is 2. The summed E-state index contributed by atoms with van der Waals surface area (Å²) in [6, 6.07) is 8.14. The first-order valence-electron chi connectivity index (χ1n) is 7.29. The second-order valence-electron chi connectivity index (χ2n) is 5.18. The van der Waals surface area contributed by atoms with Crippen LogP contribution in [0.1, 0.15) is 27.3 Å². The van der Waals surface area contributed by atoms with Gasteiger partial charge in [-0.05, 0) is 48.9 Å². The Labute approximate surface area is 148 Å². The molecule has 1 aromatic heterocycles. The van der Waals surface area contributed by atoms with Crippen LogP contribution in [-0.2, 0) is 7.05 Å². The van der Waals surface area contributed by atoms with Gasteiger partial charge in [0.1, 0.15) is 17.5 Å². The van der Waals surface area contributed by atoms with E-state index in [1.807, 2.05) is 6.92 Å². The highest BCUT2D eigenvalue weighted by Gasteiger charge is 2.13. The van der Waals surface area contributed by atoms with E-state index in [2.05, 4.69) is 6.07 Å². The molecule has 0 aliphatic carbocycles. The predicted octanol–water partition coefficient (Wildman–Crippen LogP) is 4.42. The minimum absolute atomic E-state index is 0.229. The molecule has 0 atom stereocenters. The van der Waals surface area contributed by atoms with Crippen LogP contribution >= 0.6 is 11.8 Å². The number of ether oxygens (including phenoxy) is 1. The number of alkyl halides is 2. The zero-order valence-electron chi connectivity index (χ0n) is 13.9. The lowest BCUT2D eigenvalue weighted by Crippen LogP contribution is -1.97. The topological polar surface area (TPSA) is 55.0 Å². The van der Waals surface area contributed by atoms with E-state index < -0.39 is 5.76 Å². The lowest BCUT2D eigenvalue weighted by atomic mass is 10.1. The molecule has 130 valence electrons. The number of carbonyl (C=O) groups excluding carboxylic acids is 1. The summed E-state index contributed by atoms with van der Waals surface area (Å²) >= 11 is 0.368. The Hall–Kier alpha value is -2.59. The molecule has 0 spiro atoms. The van der Waals surface area contributed by atoms with Crippen molar-refractivity contribution in [2.75, 3.05) is 7.11 Å². The zero-order valence-corrected chi connectivity index (χ0v) is 14.7. The number of rotatable bonds is 6. The summed E-state index contributed by atoms with van der Waals surface area (Å²) in [5, 5.41) is 9.03. The second-order valence-corrected chi connectivity index (χ2v) is 6.21. The van der Waals surface area contributed by atoms with Crippen LogP contribution in [0.15, 0.2) is 35.2 Å². The fourth-order valence-corrected chi connectivity index (χ4v) is 2.87. The standard InChI is InChI=1S/C18H16F2N2O2S/c1-11-12(8-14(10-21)22(11)2)4-6-15(23)13-5-7-17(25-18(19)20)16(9-13)24-3/h4-9,18H,1-3H3. The lowest BCUT2D eigenvalue weighted by Gasteiger charge is -2.08. The molecule has 0 saturated carbocycles. The van der Waals surface area contributed by atoms with E-state index in [4.69, 9.17) is 10.00 Å². The molecule has 0 bridgehead atoms. The number of benzene rings is 1. The average Bonchev–Trinajstić information content (AvgIpc) is 2.87. The Morgan fingerprint density at radius 2 is 2.12 bits per heavy atom. The van der Waals surface area contributed by atoms with Crippen LogP contribution in [0.5, 0.6) is 5.75 Å². The molecule has 0 aliphatic heterocycles. The number of ketones is 1. The fraction of sp³-hybridized carbons (Fsp3) is 0.222. The molecule has 0 fully saturated rings. The number of nitriles is 1. The number of hydrogen-bond acceptors (Lipinski definition) is 4. The van der Waals surface area contributed by atoms with Crippen molar-refractivity contribution in [2.24, 2.45) is 7.05 Å². The highest BCUT2D eigenvalue weighted by atomic mass is 32.2. The Bertz CT molecular complexity index is 867. The summed E-state index contributed by atoms with van der Waals surface area (Å²) in [5.74, 6) is -2.62. The minimum Gasteiger partial charge on any atom is -0.496 e. The van der Waals surface area contributed by atoms with Gasteiger partial charge in [0.15, 0.2) is 5.78 Å². The van der Waals surface area contributed by atoms with Gasteiger partial charge in [-0.1, -0.05) is 11.8 Å². The van der Waals surface area contributed by atoms with Crippen LogP contribution in [0, 0.1) is 18.3 Å². The van der Waals surface area contributed by atoms with Gasteiger partial charge >= 0.3 is 0 Å². The van der Waals surface area contributed by atoms with Crippen LogP contribution in [0.4, 0.5) is 8.78 Å². The van der Waals surface area contributed by atoms with Crippen molar-refractivity contribution >= 4 is 23.6 Å². The maximum absolute atomic E-state index is 12.5. The molecule has 0 unspecified atom stereocenters. The average molecular weight is 362 g/mol. The smallest absolute Gasteiger partial charge is 0.289 e. The number of aromatic nitrogens is 1. The summed E-state index contributed by atoms with van der Waals surface area (Å²) in [5.41, 5.74) is 2.46. The Morgan fingerprint density at radius 3 is 2.68 bits per heavy atom. The minimum atomic E-state index is -2.56. The number of carbonyl (C=O) groups is 1. The van der Waals surface area contributed by atoms with Gasteiger partial charge < -0.3 is 9.30 Å². The highest BCUT2D eigenvalue weighted by Crippen LogP contribution is 2.34. The third kappa shape index (κ3) is 4.28. The van der Waals surface area contributed by atoms with Crippen LogP contribution in [0.3, 0.4) is 0 Å².